The van der Waals surface area contributed by atoms with Crippen LogP contribution in [0.4, 0.5) is 15.8 Å². The number of carbonyl (C=O) groups is 2. The lowest BCUT2D eigenvalue weighted by Crippen LogP contribution is -2.28. The van der Waals surface area contributed by atoms with Crippen molar-refractivity contribution >= 4 is 57.6 Å². The van der Waals surface area contributed by atoms with Crippen LogP contribution in [0.3, 0.4) is 0 Å². The number of benzene rings is 3. The van der Waals surface area contributed by atoms with Gasteiger partial charge in [-0.15, -0.1) is 0 Å². The van der Waals surface area contributed by atoms with E-state index in [0.29, 0.717) is 34.3 Å². The van der Waals surface area contributed by atoms with Gasteiger partial charge >= 0.3 is 0 Å². The molecule has 9 heteroatoms. The number of thiocarbonyl (C=S) groups is 1. The summed E-state index contributed by atoms with van der Waals surface area (Å²) in [6.07, 6.45) is 1.66. The van der Waals surface area contributed by atoms with Crippen LogP contribution in [-0.4, -0.2) is 29.3 Å². The predicted molar refractivity (Wildman–Crippen MR) is 145 cm³/mol. The van der Waals surface area contributed by atoms with Gasteiger partial charge < -0.3 is 14.8 Å². The highest BCUT2D eigenvalue weighted by atomic mass is 32.2. The summed E-state index contributed by atoms with van der Waals surface area (Å²) >= 11 is 6.43. The molecule has 1 saturated heterocycles. The molecule has 0 atom stereocenters. The number of hydrogen-bond donors (Lipinski definition) is 1. The number of nitrogens with zero attached hydrogens (tertiary/aromatic N) is 1. The fourth-order valence-electron chi connectivity index (χ4n) is 3.53. The van der Waals surface area contributed by atoms with Crippen LogP contribution in [0, 0.1) is 12.7 Å². The van der Waals surface area contributed by atoms with E-state index in [1.54, 1.807) is 42.5 Å². The Hall–Kier alpha value is -3.69. The standard InChI is InChI=1S/C27H23FN2O4S2/c1-3-33-23-14-18(11-12-22(23)34-16-25(31)29-19-8-6-7-17(2)13-19)15-24-26(32)30(27(35)36-24)21-10-5-4-9-20(21)28/h4-15H,3,16H2,1-2H3,(H,29,31)/b24-15-. The van der Waals surface area contributed by atoms with Crippen molar-refractivity contribution in [1.29, 1.82) is 0 Å². The summed E-state index contributed by atoms with van der Waals surface area (Å²) < 4.78 is 25.9. The first-order valence-corrected chi connectivity index (χ1v) is 12.4. The molecule has 36 heavy (non-hydrogen) atoms. The smallest absolute Gasteiger partial charge is 0.270 e. The van der Waals surface area contributed by atoms with Gasteiger partial charge in [0.25, 0.3) is 11.8 Å². The second-order valence-electron chi connectivity index (χ2n) is 7.81. The van der Waals surface area contributed by atoms with Crippen molar-refractivity contribution < 1.29 is 23.5 Å². The lowest BCUT2D eigenvalue weighted by molar-refractivity contribution is -0.118. The van der Waals surface area contributed by atoms with Crippen molar-refractivity contribution in [3.8, 4) is 11.5 Å². The molecule has 0 bridgehead atoms. The van der Waals surface area contributed by atoms with Gasteiger partial charge in [-0.1, -0.05) is 54.3 Å². The Balaban J connectivity index is 1.48. The van der Waals surface area contributed by atoms with Crippen molar-refractivity contribution in [2.75, 3.05) is 23.4 Å². The van der Waals surface area contributed by atoms with Crippen molar-refractivity contribution in [2.45, 2.75) is 13.8 Å². The lowest BCUT2D eigenvalue weighted by atomic mass is 10.1. The van der Waals surface area contributed by atoms with Gasteiger partial charge in [0.2, 0.25) is 0 Å². The summed E-state index contributed by atoms with van der Waals surface area (Å²) in [5.41, 5.74) is 2.51. The number of anilines is 2. The van der Waals surface area contributed by atoms with Gasteiger partial charge in [0, 0.05) is 5.69 Å². The number of aryl methyl sites for hydroxylation is 1. The Morgan fingerprint density at radius 3 is 2.64 bits per heavy atom. The summed E-state index contributed by atoms with van der Waals surface area (Å²) in [5, 5.41) is 2.80. The molecule has 4 rings (SSSR count). The Morgan fingerprint density at radius 1 is 1.08 bits per heavy atom. The van der Waals surface area contributed by atoms with Gasteiger partial charge in [0.1, 0.15) is 5.82 Å². The summed E-state index contributed by atoms with van der Waals surface area (Å²) in [5.74, 6) is -0.404. The number of thioether (sulfide) groups is 1. The maximum Gasteiger partial charge on any atom is 0.270 e. The Labute approximate surface area is 218 Å². The number of rotatable bonds is 8. The van der Waals surface area contributed by atoms with Crippen molar-refractivity contribution in [1.82, 2.24) is 0 Å². The molecule has 1 heterocycles. The molecule has 0 unspecified atom stereocenters. The maximum absolute atomic E-state index is 14.3. The predicted octanol–water partition coefficient (Wildman–Crippen LogP) is 5.96. The molecule has 3 aromatic carbocycles. The van der Waals surface area contributed by atoms with Crippen LogP contribution >= 0.6 is 24.0 Å². The minimum Gasteiger partial charge on any atom is -0.490 e. The molecule has 0 aromatic heterocycles. The van der Waals surface area contributed by atoms with Crippen LogP contribution in [-0.2, 0) is 9.59 Å². The van der Waals surface area contributed by atoms with E-state index in [0.717, 1.165) is 17.3 Å². The van der Waals surface area contributed by atoms with E-state index in [4.69, 9.17) is 21.7 Å². The van der Waals surface area contributed by atoms with E-state index in [1.807, 2.05) is 32.0 Å². The zero-order valence-electron chi connectivity index (χ0n) is 19.6. The quantitative estimate of drug-likeness (QED) is 0.291. The number of halogens is 1. The summed E-state index contributed by atoms with van der Waals surface area (Å²) in [4.78, 5) is 26.9. The molecule has 1 aliphatic heterocycles. The van der Waals surface area contributed by atoms with Gasteiger partial charge in [-0.2, -0.15) is 0 Å². The fourth-order valence-corrected chi connectivity index (χ4v) is 4.81. The van der Waals surface area contributed by atoms with Crippen LogP contribution in [0.25, 0.3) is 6.08 Å². The van der Waals surface area contributed by atoms with Crippen LogP contribution in [0.15, 0.2) is 71.6 Å². The Kier molecular flexibility index (Phi) is 8.02. The van der Waals surface area contributed by atoms with Gasteiger partial charge in [-0.3, -0.25) is 14.5 Å². The number of amides is 2. The third-order valence-electron chi connectivity index (χ3n) is 5.11. The number of ether oxygens (including phenoxy) is 2. The van der Waals surface area contributed by atoms with Crippen LogP contribution in [0.5, 0.6) is 11.5 Å². The summed E-state index contributed by atoms with van der Waals surface area (Å²) in [6.45, 7) is 3.96. The Morgan fingerprint density at radius 2 is 1.89 bits per heavy atom. The van der Waals surface area contributed by atoms with E-state index in [9.17, 15) is 14.0 Å². The highest BCUT2D eigenvalue weighted by Crippen LogP contribution is 2.38. The van der Waals surface area contributed by atoms with Crippen molar-refractivity contribution in [3.05, 3.63) is 88.6 Å². The molecule has 0 saturated carbocycles. The third-order valence-corrected chi connectivity index (χ3v) is 6.42. The molecule has 0 radical (unpaired) electrons. The van der Waals surface area contributed by atoms with E-state index in [-0.39, 0.29) is 22.5 Å². The van der Waals surface area contributed by atoms with Crippen molar-refractivity contribution in [3.63, 3.8) is 0 Å². The fraction of sp³-hybridized carbons (Fsp3) is 0.148. The zero-order chi connectivity index (χ0) is 25.7. The second-order valence-corrected chi connectivity index (χ2v) is 9.49. The Bertz CT molecular complexity index is 1360. The van der Waals surface area contributed by atoms with Crippen molar-refractivity contribution in [2.24, 2.45) is 0 Å². The van der Waals surface area contributed by atoms with Gasteiger partial charge in [-0.05, 0) is 67.4 Å². The number of hydrogen-bond acceptors (Lipinski definition) is 6. The highest BCUT2D eigenvalue weighted by Gasteiger charge is 2.34. The van der Waals surface area contributed by atoms with E-state index in [2.05, 4.69) is 5.32 Å². The maximum atomic E-state index is 14.3. The largest absolute Gasteiger partial charge is 0.490 e. The van der Waals surface area contributed by atoms with Crippen LogP contribution in [0.2, 0.25) is 0 Å². The van der Waals surface area contributed by atoms with Crippen LogP contribution < -0.4 is 19.7 Å². The molecule has 1 fully saturated rings. The number of para-hydroxylation sites is 1. The first-order valence-electron chi connectivity index (χ1n) is 11.1. The molecule has 6 nitrogen and oxygen atoms in total. The molecule has 3 aromatic rings. The highest BCUT2D eigenvalue weighted by molar-refractivity contribution is 8.27. The minimum absolute atomic E-state index is 0.117. The SMILES string of the molecule is CCOc1cc(/C=C2\SC(=S)N(c3ccccc3F)C2=O)ccc1OCC(=O)Nc1cccc(C)c1. The number of carbonyl (C=O) groups excluding carboxylic acids is 2. The average molecular weight is 523 g/mol. The minimum atomic E-state index is -0.526. The molecule has 1 aliphatic rings. The van der Waals surface area contributed by atoms with Crippen LogP contribution in [0.1, 0.15) is 18.1 Å². The van der Waals surface area contributed by atoms with E-state index >= 15 is 0 Å². The first-order chi connectivity index (χ1) is 17.4. The number of nitrogens with one attached hydrogen (secondary N) is 1. The third kappa shape index (κ3) is 5.92. The van der Waals surface area contributed by atoms with Gasteiger partial charge in [-0.25, -0.2) is 4.39 Å². The second kappa shape index (κ2) is 11.4. The first kappa shape index (κ1) is 25.4. The molecular weight excluding hydrogens is 499 g/mol. The summed E-state index contributed by atoms with van der Waals surface area (Å²) in [7, 11) is 0. The average Bonchev–Trinajstić information content (AvgIpc) is 3.11. The van der Waals surface area contributed by atoms with E-state index in [1.165, 1.54) is 17.0 Å². The normalized spacial score (nSPS) is 14.3. The van der Waals surface area contributed by atoms with E-state index < -0.39 is 11.7 Å². The van der Waals surface area contributed by atoms with Gasteiger partial charge in [0.05, 0.1) is 17.2 Å². The summed E-state index contributed by atoms with van der Waals surface area (Å²) in [6, 6.07) is 18.6. The lowest BCUT2D eigenvalue weighted by Gasteiger charge is -2.15. The monoisotopic (exact) mass is 522 g/mol. The molecule has 0 spiro atoms. The molecule has 1 N–H and O–H groups in total. The topological polar surface area (TPSA) is 67.9 Å². The molecule has 0 aliphatic carbocycles. The molecular formula is C27H23FN2O4S2. The zero-order valence-corrected chi connectivity index (χ0v) is 21.3. The molecule has 2 amide bonds. The molecule has 184 valence electrons. The van der Waals surface area contributed by atoms with Gasteiger partial charge in [0.15, 0.2) is 22.4 Å².